The van der Waals surface area contributed by atoms with Crippen molar-refractivity contribution in [2.75, 3.05) is 5.32 Å². The fourth-order valence-electron chi connectivity index (χ4n) is 3.18. The molecule has 5 nitrogen and oxygen atoms in total. The lowest BCUT2D eigenvalue weighted by Crippen LogP contribution is -2.23. The van der Waals surface area contributed by atoms with E-state index < -0.39 is 0 Å². The number of aromatic amines is 1. The Bertz CT molecular complexity index is 1380. The predicted octanol–water partition coefficient (Wildman–Crippen LogP) is 5.32. The smallest absolute Gasteiger partial charge is 0.262 e. The summed E-state index contributed by atoms with van der Waals surface area (Å²) in [6.07, 6.45) is 0. The Hall–Kier alpha value is -3.22. The van der Waals surface area contributed by atoms with E-state index in [4.69, 9.17) is 23.8 Å². The lowest BCUT2D eigenvalue weighted by molar-refractivity contribution is 0.102. The number of nitrogens with zero attached hydrogens (tertiary/aromatic N) is 1. The summed E-state index contributed by atoms with van der Waals surface area (Å²) in [5.41, 5.74) is 3.23. The molecule has 0 saturated heterocycles. The van der Waals surface area contributed by atoms with Crippen molar-refractivity contribution < 1.29 is 4.79 Å². The molecule has 7 heteroatoms. The number of amides is 1. The van der Waals surface area contributed by atoms with Crippen molar-refractivity contribution in [3.8, 4) is 0 Å². The van der Waals surface area contributed by atoms with Gasteiger partial charge in [-0.05, 0) is 60.6 Å². The van der Waals surface area contributed by atoms with Gasteiger partial charge in [-0.15, -0.1) is 0 Å². The van der Waals surface area contributed by atoms with Crippen LogP contribution in [-0.2, 0) is 6.54 Å². The Morgan fingerprint density at radius 1 is 1.10 bits per heavy atom. The van der Waals surface area contributed by atoms with Gasteiger partial charge in [-0.2, -0.15) is 0 Å². The van der Waals surface area contributed by atoms with Crippen molar-refractivity contribution in [1.29, 1.82) is 0 Å². The largest absolute Gasteiger partial charge is 0.332 e. The zero-order valence-electron chi connectivity index (χ0n) is 16.1. The number of carbonyl (C=O) groups is 1. The molecule has 1 amide bonds. The van der Waals surface area contributed by atoms with Crippen molar-refractivity contribution in [3.63, 3.8) is 0 Å². The van der Waals surface area contributed by atoms with Crippen molar-refractivity contribution in [2.24, 2.45) is 0 Å². The van der Waals surface area contributed by atoms with Gasteiger partial charge in [-0.3, -0.25) is 14.2 Å². The monoisotopic (exact) mass is 435 g/mol. The molecule has 3 aromatic carbocycles. The van der Waals surface area contributed by atoms with E-state index in [0.717, 1.165) is 11.1 Å². The average molecular weight is 436 g/mol. The Kier molecular flexibility index (Phi) is 5.53. The number of hydrogen-bond donors (Lipinski definition) is 2. The molecule has 0 atom stereocenters. The number of carbonyl (C=O) groups excluding carboxylic acids is 1. The summed E-state index contributed by atoms with van der Waals surface area (Å²) in [6.45, 7) is 2.27. The predicted molar refractivity (Wildman–Crippen MR) is 123 cm³/mol. The summed E-state index contributed by atoms with van der Waals surface area (Å²) < 4.78 is 1.82. The molecule has 1 heterocycles. The fourth-order valence-corrected chi connectivity index (χ4v) is 3.62. The van der Waals surface area contributed by atoms with Gasteiger partial charge in [0.2, 0.25) is 0 Å². The molecular formula is C23H18ClN3O2S. The Balaban J connectivity index is 1.66. The van der Waals surface area contributed by atoms with Gasteiger partial charge in [-0.1, -0.05) is 48.0 Å². The minimum Gasteiger partial charge on any atom is -0.332 e. The molecule has 0 aliphatic carbocycles. The van der Waals surface area contributed by atoms with Crippen LogP contribution >= 0.6 is 23.8 Å². The van der Waals surface area contributed by atoms with Crippen molar-refractivity contribution in [1.82, 2.24) is 9.55 Å². The van der Waals surface area contributed by atoms with E-state index >= 15 is 0 Å². The van der Waals surface area contributed by atoms with Crippen LogP contribution < -0.4 is 10.9 Å². The second-order valence-corrected chi connectivity index (χ2v) is 7.78. The summed E-state index contributed by atoms with van der Waals surface area (Å²) >= 11 is 11.5. The normalized spacial score (nSPS) is 10.9. The van der Waals surface area contributed by atoms with E-state index in [1.54, 1.807) is 30.3 Å². The summed E-state index contributed by atoms with van der Waals surface area (Å²) in [6, 6.07) is 19.9. The van der Waals surface area contributed by atoms with Crippen molar-refractivity contribution >= 4 is 46.3 Å². The number of rotatable bonds is 4. The Labute approximate surface area is 183 Å². The van der Waals surface area contributed by atoms with Gasteiger partial charge < -0.3 is 10.3 Å². The third-order valence-electron chi connectivity index (χ3n) is 4.86. The highest BCUT2D eigenvalue weighted by Crippen LogP contribution is 2.21. The molecule has 0 bridgehead atoms. The summed E-state index contributed by atoms with van der Waals surface area (Å²) in [5.74, 6) is -0.301. The molecule has 0 aliphatic rings. The van der Waals surface area contributed by atoms with Crippen LogP contribution in [0, 0.1) is 11.7 Å². The van der Waals surface area contributed by atoms with Crippen LogP contribution in [0.25, 0.3) is 10.9 Å². The maximum absolute atomic E-state index is 13.0. The molecule has 0 unspecified atom stereocenters. The van der Waals surface area contributed by atoms with Crippen LogP contribution in [-0.4, -0.2) is 15.5 Å². The van der Waals surface area contributed by atoms with E-state index in [2.05, 4.69) is 10.3 Å². The SMILES string of the molecule is Cc1ccc(NC(=O)c2ccc3c(=O)n(Cc4ccccc4)c(=S)[nH]c3c2)cc1Cl. The highest BCUT2D eigenvalue weighted by atomic mass is 35.5. The zero-order valence-corrected chi connectivity index (χ0v) is 17.7. The van der Waals surface area contributed by atoms with Gasteiger partial charge in [0.25, 0.3) is 11.5 Å². The van der Waals surface area contributed by atoms with Crippen molar-refractivity contribution in [2.45, 2.75) is 13.5 Å². The Morgan fingerprint density at radius 2 is 1.87 bits per heavy atom. The number of nitrogens with one attached hydrogen (secondary N) is 2. The first-order valence-electron chi connectivity index (χ1n) is 9.31. The first kappa shape index (κ1) is 20.1. The minimum atomic E-state index is -0.301. The molecule has 0 spiro atoms. The highest BCUT2D eigenvalue weighted by Gasteiger charge is 2.11. The van der Waals surface area contributed by atoms with E-state index in [9.17, 15) is 9.59 Å². The van der Waals surface area contributed by atoms with Crippen LogP contribution in [0.15, 0.2) is 71.5 Å². The minimum absolute atomic E-state index is 0.199. The molecule has 30 heavy (non-hydrogen) atoms. The molecule has 0 fully saturated rings. The highest BCUT2D eigenvalue weighted by molar-refractivity contribution is 7.71. The van der Waals surface area contributed by atoms with E-state index in [-0.39, 0.29) is 11.5 Å². The van der Waals surface area contributed by atoms with Crippen LogP contribution in [0.2, 0.25) is 5.02 Å². The lowest BCUT2D eigenvalue weighted by atomic mass is 10.1. The molecular weight excluding hydrogens is 418 g/mol. The number of H-pyrrole nitrogens is 1. The number of anilines is 1. The van der Waals surface area contributed by atoms with Gasteiger partial charge in [-0.25, -0.2) is 0 Å². The quantitative estimate of drug-likeness (QED) is 0.426. The molecule has 0 saturated carbocycles. The van der Waals surface area contributed by atoms with Crippen LogP contribution in [0.1, 0.15) is 21.5 Å². The lowest BCUT2D eigenvalue weighted by Gasteiger charge is -2.10. The van der Waals surface area contributed by atoms with Gasteiger partial charge >= 0.3 is 0 Å². The standard InChI is InChI=1S/C23H18ClN3O2S/c1-14-7-9-17(12-19(14)24)25-21(28)16-8-10-18-20(11-16)26-23(30)27(22(18)29)13-15-5-3-2-4-6-15/h2-12H,13H2,1H3,(H,25,28)(H,26,30). The first-order chi connectivity index (χ1) is 14.4. The second kappa shape index (κ2) is 8.26. The van der Waals surface area contributed by atoms with E-state index in [1.807, 2.05) is 43.3 Å². The number of fused-ring (bicyclic) bond motifs is 1. The number of aryl methyl sites for hydroxylation is 1. The maximum atomic E-state index is 13.0. The van der Waals surface area contributed by atoms with Crippen LogP contribution in [0.5, 0.6) is 0 Å². The third-order valence-corrected chi connectivity index (χ3v) is 5.59. The summed E-state index contributed by atoms with van der Waals surface area (Å²) in [4.78, 5) is 28.7. The fraction of sp³-hybridized carbons (Fsp3) is 0.0870. The Morgan fingerprint density at radius 3 is 2.60 bits per heavy atom. The molecule has 1 aromatic heterocycles. The summed E-state index contributed by atoms with van der Waals surface area (Å²) in [7, 11) is 0. The summed E-state index contributed by atoms with van der Waals surface area (Å²) in [5, 5.41) is 3.86. The topological polar surface area (TPSA) is 66.9 Å². The third kappa shape index (κ3) is 4.06. The maximum Gasteiger partial charge on any atom is 0.262 e. The van der Waals surface area contributed by atoms with E-state index in [0.29, 0.717) is 38.5 Å². The molecule has 0 aliphatic heterocycles. The van der Waals surface area contributed by atoms with E-state index in [1.165, 1.54) is 4.57 Å². The van der Waals surface area contributed by atoms with Crippen LogP contribution in [0.4, 0.5) is 5.69 Å². The zero-order chi connectivity index (χ0) is 21.3. The number of aromatic nitrogens is 2. The molecule has 4 rings (SSSR count). The van der Waals surface area contributed by atoms with Crippen molar-refractivity contribution in [3.05, 3.63) is 104 Å². The van der Waals surface area contributed by atoms with Gasteiger partial charge in [0.05, 0.1) is 17.4 Å². The molecule has 4 aromatic rings. The van der Waals surface area contributed by atoms with Gasteiger partial charge in [0.1, 0.15) is 0 Å². The second-order valence-electron chi connectivity index (χ2n) is 6.99. The average Bonchev–Trinajstić information content (AvgIpc) is 2.74. The van der Waals surface area contributed by atoms with Gasteiger partial charge in [0, 0.05) is 16.3 Å². The number of hydrogen-bond acceptors (Lipinski definition) is 3. The van der Waals surface area contributed by atoms with Crippen LogP contribution in [0.3, 0.4) is 0 Å². The first-order valence-corrected chi connectivity index (χ1v) is 10.1. The molecule has 150 valence electrons. The molecule has 0 radical (unpaired) electrons. The molecule has 2 N–H and O–H groups in total. The van der Waals surface area contributed by atoms with Gasteiger partial charge in [0.15, 0.2) is 4.77 Å². The number of halogens is 1. The number of benzene rings is 3.